The smallest absolute Gasteiger partial charge is 0.242 e. The molecule has 0 radical (unpaired) electrons. The number of pyridine rings is 1. The minimum absolute atomic E-state index is 0.185. The molecule has 0 aliphatic carbocycles. The molecule has 7 heteroatoms. The van der Waals surface area contributed by atoms with Crippen LogP contribution >= 0.6 is 15.9 Å². The van der Waals surface area contributed by atoms with Gasteiger partial charge in [0, 0.05) is 23.4 Å². The van der Waals surface area contributed by atoms with Crippen LogP contribution in [0.5, 0.6) is 0 Å². The highest BCUT2D eigenvalue weighted by molar-refractivity contribution is 9.10. The van der Waals surface area contributed by atoms with Gasteiger partial charge in [0.05, 0.1) is 0 Å². The van der Waals surface area contributed by atoms with Crippen molar-refractivity contribution in [1.82, 2.24) is 14.6 Å². The zero-order valence-corrected chi connectivity index (χ0v) is 13.7. The maximum absolute atomic E-state index is 12.0. The zero-order valence-electron chi connectivity index (χ0n) is 11.3. The molecule has 0 amide bonds. The first-order chi connectivity index (χ1) is 8.99. The third-order valence-corrected chi connectivity index (χ3v) is 4.69. The van der Waals surface area contributed by atoms with Gasteiger partial charge in [-0.25, -0.2) is 13.1 Å². The van der Waals surface area contributed by atoms with E-state index < -0.39 is 10.0 Å². The van der Waals surface area contributed by atoms with Crippen LogP contribution in [-0.2, 0) is 10.0 Å². The Bertz CT molecular complexity index is 490. The van der Waals surface area contributed by atoms with Crippen molar-refractivity contribution in [2.75, 3.05) is 26.2 Å². The SMILES string of the molecule is CCN(CC)CCCNS(=O)(=O)c1cncc(Br)c1. The molecule has 0 saturated heterocycles. The molecular formula is C12H20BrN3O2S. The fourth-order valence-electron chi connectivity index (χ4n) is 1.67. The Morgan fingerprint density at radius 2 is 2.00 bits per heavy atom. The molecule has 5 nitrogen and oxygen atoms in total. The molecule has 1 rings (SSSR count). The Hall–Kier alpha value is -0.500. The normalized spacial score (nSPS) is 12.0. The Labute approximate surface area is 123 Å². The molecule has 1 N–H and O–H groups in total. The summed E-state index contributed by atoms with van der Waals surface area (Å²) < 4.78 is 27.2. The van der Waals surface area contributed by atoms with Gasteiger partial charge in [0.1, 0.15) is 4.90 Å². The monoisotopic (exact) mass is 349 g/mol. The zero-order chi connectivity index (χ0) is 14.3. The van der Waals surface area contributed by atoms with Crippen molar-refractivity contribution in [2.45, 2.75) is 25.2 Å². The molecule has 0 bridgehead atoms. The molecule has 19 heavy (non-hydrogen) atoms. The van der Waals surface area contributed by atoms with Crippen LogP contribution in [0, 0.1) is 0 Å². The largest absolute Gasteiger partial charge is 0.304 e. The van der Waals surface area contributed by atoms with Gasteiger partial charge in [0.2, 0.25) is 10.0 Å². The van der Waals surface area contributed by atoms with Crippen molar-refractivity contribution in [1.29, 1.82) is 0 Å². The van der Waals surface area contributed by atoms with Crippen LogP contribution in [0.25, 0.3) is 0 Å². The van der Waals surface area contributed by atoms with Crippen LogP contribution in [-0.4, -0.2) is 44.5 Å². The van der Waals surface area contributed by atoms with E-state index in [0.717, 1.165) is 26.1 Å². The van der Waals surface area contributed by atoms with Crippen molar-refractivity contribution in [3.63, 3.8) is 0 Å². The van der Waals surface area contributed by atoms with Crippen LogP contribution in [0.15, 0.2) is 27.8 Å². The lowest BCUT2D eigenvalue weighted by atomic mass is 10.4. The van der Waals surface area contributed by atoms with E-state index in [1.807, 2.05) is 0 Å². The second kappa shape index (κ2) is 7.94. The predicted octanol–water partition coefficient (Wildman–Crippen LogP) is 1.85. The summed E-state index contributed by atoms with van der Waals surface area (Å²) in [6, 6.07) is 1.54. The number of nitrogens with one attached hydrogen (secondary N) is 1. The van der Waals surface area contributed by atoms with Crippen LogP contribution in [0.4, 0.5) is 0 Å². The van der Waals surface area contributed by atoms with Crippen molar-refractivity contribution in [2.24, 2.45) is 0 Å². The number of aromatic nitrogens is 1. The second-order valence-electron chi connectivity index (χ2n) is 4.12. The van der Waals surface area contributed by atoms with Gasteiger partial charge in [-0.2, -0.15) is 0 Å². The van der Waals surface area contributed by atoms with Gasteiger partial charge >= 0.3 is 0 Å². The van der Waals surface area contributed by atoms with E-state index in [2.05, 4.69) is 44.4 Å². The number of hydrogen-bond donors (Lipinski definition) is 1. The molecule has 1 heterocycles. The van der Waals surface area contributed by atoms with Gasteiger partial charge in [-0.3, -0.25) is 4.98 Å². The Morgan fingerprint density at radius 1 is 1.32 bits per heavy atom. The molecular weight excluding hydrogens is 330 g/mol. The average Bonchev–Trinajstić information content (AvgIpc) is 2.39. The maximum atomic E-state index is 12.0. The molecule has 0 unspecified atom stereocenters. The van der Waals surface area contributed by atoms with E-state index in [9.17, 15) is 8.42 Å². The first-order valence-electron chi connectivity index (χ1n) is 6.32. The van der Waals surface area contributed by atoms with Gasteiger partial charge in [0.25, 0.3) is 0 Å². The van der Waals surface area contributed by atoms with Crippen LogP contribution in [0.3, 0.4) is 0 Å². The number of hydrogen-bond acceptors (Lipinski definition) is 4. The molecule has 0 atom stereocenters. The van der Waals surface area contributed by atoms with Crippen molar-refractivity contribution in [3.05, 3.63) is 22.9 Å². The molecule has 0 fully saturated rings. The van der Waals surface area contributed by atoms with E-state index in [1.165, 1.54) is 6.20 Å². The lowest BCUT2D eigenvalue weighted by molar-refractivity contribution is 0.300. The fourth-order valence-corrected chi connectivity index (χ4v) is 3.25. The summed E-state index contributed by atoms with van der Waals surface area (Å²) in [6.45, 7) is 7.50. The summed E-state index contributed by atoms with van der Waals surface area (Å²) in [6.07, 6.45) is 3.69. The summed E-state index contributed by atoms with van der Waals surface area (Å²) in [5.41, 5.74) is 0. The van der Waals surface area contributed by atoms with E-state index in [1.54, 1.807) is 12.3 Å². The summed E-state index contributed by atoms with van der Waals surface area (Å²) in [5.74, 6) is 0. The lowest BCUT2D eigenvalue weighted by Crippen LogP contribution is -2.30. The number of nitrogens with zero attached hydrogens (tertiary/aromatic N) is 2. The van der Waals surface area contributed by atoms with Gasteiger partial charge in [-0.15, -0.1) is 0 Å². The lowest BCUT2D eigenvalue weighted by Gasteiger charge is -2.17. The highest BCUT2D eigenvalue weighted by atomic mass is 79.9. The van der Waals surface area contributed by atoms with E-state index in [-0.39, 0.29) is 4.90 Å². The van der Waals surface area contributed by atoms with E-state index >= 15 is 0 Å². The van der Waals surface area contributed by atoms with Crippen molar-refractivity contribution < 1.29 is 8.42 Å². The topological polar surface area (TPSA) is 62.3 Å². The number of halogens is 1. The highest BCUT2D eigenvalue weighted by Crippen LogP contribution is 2.13. The third-order valence-electron chi connectivity index (χ3n) is 2.83. The van der Waals surface area contributed by atoms with Gasteiger partial charge in [0.15, 0.2) is 0 Å². The first-order valence-corrected chi connectivity index (χ1v) is 8.59. The van der Waals surface area contributed by atoms with Crippen molar-refractivity contribution >= 4 is 26.0 Å². The van der Waals surface area contributed by atoms with E-state index in [0.29, 0.717) is 11.0 Å². The number of sulfonamides is 1. The maximum Gasteiger partial charge on any atom is 0.242 e. The summed E-state index contributed by atoms with van der Waals surface area (Å²) in [5, 5.41) is 0. The molecule has 1 aromatic heterocycles. The Balaban J connectivity index is 2.48. The summed E-state index contributed by atoms with van der Waals surface area (Å²) >= 11 is 3.21. The second-order valence-corrected chi connectivity index (χ2v) is 6.80. The van der Waals surface area contributed by atoms with Crippen LogP contribution < -0.4 is 4.72 Å². The van der Waals surface area contributed by atoms with Crippen LogP contribution in [0.1, 0.15) is 20.3 Å². The Kier molecular flexibility index (Phi) is 6.92. The average molecular weight is 350 g/mol. The molecule has 0 spiro atoms. The number of rotatable bonds is 8. The van der Waals surface area contributed by atoms with E-state index in [4.69, 9.17) is 0 Å². The molecule has 0 aliphatic heterocycles. The van der Waals surface area contributed by atoms with Gasteiger partial charge in [-0.05, 0) is 48.1 Å². The highest BCUT2D eigenvalue weighted by Gasteiger charge is 2.14. The molecule has 1 aromatic rings. The predicted molar refractivity (Wildman–Crippen MR) is 79.5 cm³/mol. The van der Waals surface area contributed by atoms with Gasteiger partial charge < -0.3 is 4.90 Å². The molecule has 108 valence electrons. The molecule has 0 saturated carbocycles. The Morgan fingerprint density at radius 3 is 2.58 bits per heavy atom. The fraction of sp³-hybridized carbons (Fsp3) is 0.583. The summed E-state index contributed by atoms with van der Waals surface area (Å²) in [4.78, 5) is 6.30. The standard InChI is InChI=1S/C12H20BrN3O2S/c1-3-16(4-2)7-5-6-15-19(17,18)12-8-11(13)9-14-10-12/h8-10,15H,3-7H2,1-2H3. The van der Waals surface area contributed by atoms with Crippen LogP contribution in [0.2, 0.25) is 0 Å². The minimum atomic E-state index is -3.46. The molecule has 0 aliphatic rings. The minimum Gasteiger partial charge on any atom is -0.304 e. The third kappa shape index (κ3) is 5.56. The van der Waals surface area contributed by atoms with Crippen molar-refractivity contribution in [3.8, 4) is 0 Å². The molecule has 0 aromatic carbocycles. The first kappa shape index (κ1) is 16.6. The quantitative estimate of drug-likeness (QED) is 0.727. The summed E-state index contributed by atoms with van der Waals surface area (Å²) in [7, 11) is -3.46. The van der Waals surface area contributed by atoms with Gasteiger partial charge in [-0.1, -0.05) is 13.8 Å².